The lowest BCUT2D eigenvalue weighted by atomic mass is 9.92. The highest BCUT2D eigenvalue weighted by atomic mass is 16.7. The summed E-state index contributed by atoms with van der Waals surface area (Å²) in [5.74, 6) is 1.45. The molecule has 1 saturated heterocycles. The standard InChI is InChI=1S/C23H24N2O4/c26-22(18-7-8-20-21(14-18)29-15-28-20)24-12-9-17(10-13-24)23(27)25-11-3-5-16-4-1-2-6-19(16)25/h1-2,4,6-8,14,17H,3,5,9-13,15H2. The van der Waals surface area contributed by atoms with E-state index in [9.17, 15) is 9.59 Å². The summed E-state index contributed by atoms with van der Waals surface area (Å²) in [5.41, 5.74) is 2.91. The van der Waals surface area contributed by atoms with Gasteiger partial charge in [0.2, 0.25) is 12.7 Å². The van der Waals surface area contributed by atoms with Crippen LogP contribution in [0.3, 0.4) is 0 Å². The fourth-order valence-corrected chi connectivity index (χ4v) is 4.52. The van der Waals surface area contributed by atoms with Crippen molar-refractivity contribution in [1.82, 2.24) is 4.90 Å². The zero-order valence-corrected chi connectivity index (χ0v) is 16.3. The van der Waals surface area contributed by atoms with Gasteiger partial charge in [-0.3, -0.25) is 9.59 Å². The summed E-state index contributed by atoms with van der Waals surface area (Å²) in [5, 5.41) is 0. The fourth-order valence-electron chi connectivity index (χ4n) is 4.52. The second-order valence-corrected chi connectivity index (χ2v) is 7.86. The highest BCUT2D eigenvalue weighted by molar-refractivity contribution is 5.97. The van der Waals surface area contributed by atoms with Crippen LogP contribution in [-0.2, 0) is 11.2 Å². The first-order valence-corrected chi connectivity index (χ1v) is 10.3. The number of rotatable bonds is 2. The van der Waals surface area contributed by atoms with E-state index in [0.717, 1.165) is 25.1 Å². The second kappa shape index (κ2) is 7.43. The van der Waals surface area contributed by atoms with Gasteiger partial charge in [0.25, 0.3) is 5.91 Å². The molecule has 0 aromatic heterocycles. The largest absolute Gasteiger partial charge is 0.454 e. The first kappa shape index (κ1) is 18.0. The number of para-hydroxylation sites is 1. The van der Waals surface area contributed by atoms with Crippen molar-refractivity contribution in [2.45, 2.75) is 25.7 Å². The molecule has 2 amide bonds. The number of amides is 2. The van der Waals surface area contributed by atoms with Gasteiger partial charge in [0.1, 0.15) is 0 Å². The lowest BCUT2D eigenvalue weighted by Gasteiger charge is -2.36. The van der Waals surface area contributed by atoms with Crippen molar-refractivity contribution in [1.29, 1.82) is 0 Å². The van der Waals surface area contributed by atoms with Crippen molar-refractivity contribution >= 4 is 17.5 Å². The Labute approximate surface area is 170 Å². The van der Waals surface area contributed by atoms with Crippen LogP contribution >= 0.6 is 0 Å². The number of likely N-dealkylation sites (tertiary alicyclic amines) is 1. The molecule has 6 heteroatoms. The summed E-state index contributed by atoms with van der Waals surface area (Å²) >= 11 is 0. The normalized spacial score (nSPS) is 18.5. The van der Waals surface area contributed by atoms with E-state index in [1.54, 1.807) is 18.2 Å². The molecule has 0 unspecified atom stereocenters. The van der Waals surface area contributed by atoms with Gasteiger partial charge in [-0.1, -0.05) is 18.2 Å². The lowest BCUT2D eigenvalue weighted by Crippen LogP contribution is -2.45. The van der Waals surface area contributed by atoms with Crippen molar-refractivity contribution in [3.8, 4) is 11.5 Å². The molecule has 0 saturated carbocycles. The number of aryl methyl sites for hydroxylation is 1. The Bertz CT molecular complexity index is 950. The second-order valence-electron chi connectivity index (χ2n) is 7.86. The van der Waals surface area contributed by atoms with E-state index in [-0.39, 0.29) is 24.5 Å². The van der Waals surface area contributed by atoms with Gasteiger partial charge in [0, 0.05) is 36.8 Å². The Balaban J connectivity index is 1.24. The fraction of sp³-hybridized carbons (Fsp3) is 0.391. The molecule has 0 radical (unpaired) electrons. The molecule has 2 aromatic carbocycles. The zero-order valence-electron chi connectivity index (χ0n) is 16.3. The van der Waals surface area contributed by atoms with E-state index >= 15 is 0 Å². The Morgan fingerprint density at radius 1 is 0.931 bits per heavy atom. The summed E-state index contributed by atoms with van der Waals surface area (Å²) in [6.45, 7) is 2.17. The molecule has 0 atom stereocenters. The molecule has 0 aliphatic carbocycles. The quantitative estimate of drug-likeness (QED) is 0.787. The highest BCUT2D eigenvalue weighted by Gasteiger charge is 2.33. The number of anilines is 1. The maximum absolute atomic E-state index is 13.2. The van der Waals surface area contributed by atoms with Crippen molar-refractivity contribution in [2.75, 3.05) is 31.3 Å². The topological polar surface area (TPSA) is 59.1 Å². The van der Waals surface area contributed by atoms with E-state index in [0.29, 0.717) is 43.0 Å². The number of fused-ring (bicyclic) bond motifs is 2. The van der Waals surface area contributed by atoms with Crippen LogP contribution in [0.5, 0.6) is 11.5 Å². The monoisotopic (exact) mass is 392 g/mol. The molecule has 29 heavy (non-hydrogen) atoms. The number of benzene rings is 2. The smallest absolute Gasteiger partial charge is 0.253 e. The van der Waals surface area contributed by atoms with Crippen molar-refractivity contribution < 1.29 is 19.1 Å². The summed E-state index contributed by atoms with van der Waals surface area (Å²) in [7, 11) is 0. The van der Waals surface area contributed by atoms with E-state index < -0.39 is 0 Å². The van der Waals surface area contributed by atoms with Crippen molar-refractivity contribution in [3.63, 3.8) is 0 Å². The van der Waals surface area contributed by atoms with Crippen LogP contribution in [0.4, 0.5) is 5.69 Å². The minimum absolute atomic E-state index is 0.0162. The molecule has 3 aliphatic rings. The van der Waals surface area contributed by atoms with Gasteiger partial charge in [0.15, 0.2) is 11.5 Å². The summed E-state index contributed by atoms with van der Waals surface area (Å²) < 4.78 is 10.7. The molecule has 0 bridgehead atoms. The number of piperidine rings is 1. The number of nitrogens with zero attached hydrogens (tertiary/aromatic N) is 2. The molecule has 1 fully saturated rings. The van der Waals surface area contributed by atoms with E-state index in [2.05, 4.69) is 6.07 Å². The molecule has 3 aliphatic heterocycles. The first-order valence-electron chi connectivity index (χ1n) is 10.3. The molecule has 0 N–H and O–H groups in total. The predicted octanol–water partition coefficient (Wildman–Crippen LogP) is 3.25. The summed E-state index contributed by atoms with van der Waals surface area (Å²) in [6.07, 6.45) is 3.44. The highest BCUT2D eigenvalue weighted by Crippen LogP contribution is 2.34. The number of ether oxygens (including phenoxy) is 2. The van der Waals surface area contributed by atoms with Crippen LogP contribution < -0.4 is 14.4 Å². The third kappa shape index (κ3) is 3.33. The average molecular weight is 392 g/mol. The maximum atomic E-state index is 13.2. The third-order valence-corrected chi connectivity index (χ3v) is 6.13. The van der Waals surface area contributed by atoms with Crippen LogP contribution in [-0.4, -0.2) is 43.1 Å². The minimum Gasteiger partial charge on any atom is -0.454 e. The van der Waals surface area contributed by atoms with E-state index in [1.165, 1.54) is 5.56 Å². The Morgan fingerprint density at radius 3 is 2.59 bits per heavy atom. The molecule has 2 aromatic rings. The van der Waals surface area contributed by atoms with Gasteiger partial charge >= 0.3 is 0 Å². The third-order valence-electron chi connectivity index (χ3n) is 6.13. The van der Waals surface area contributed by atoms with E-state index in [1.807, 2.05) is 28.0 Å². The molecule has 6 nitrogen and oxygen atoms in total. The first-order chi connectivity index (χ1) is 14.2. The van der Waals surface area contributed by atoms with Gasteiger partial charge in [-0.2, -0.15) is 0 Å². The number of carbonyl (C=O) groups is 2. The molecule has 0 spiro atoms. The summed E-state index contributed by atoms with van der Waals surface area (Å²) in [4.78, 5) is 29.9. The number of hydrogen-bond acceptors (Lipinski definition) is 4. The van der Waals surface area contributed by atoms with E-state index in [4.69, 9.17) is 9.47 Å². The van der Waals surface area contributed by atoms with Gasteiger partial charge in [-0.15, -0.1) is 0 Å². The van der Waals surface area contributed by atoms with Crippen LogP contribution in [0.2, 0.25) is 0 Å². The van der Waals surface area contributed by atoms with Crippen LogP contribution in [0.1, 0.15) is 35.2 Å². The zero-order chi connectivity index (χ0) is 19.8. The molecule has 150 valence electrons. The SMILES string of the molecule is O=C(c1ccc2c(c1)OCO2)N1CCC(C(=O)N2CCCc3ccccc32)CC1. The Hall–Kier alpha value is -3.02. The van der Waals surface area contributed by atoms with Crippen LogP contribution in [0, 0.1) is 5.92 Å². The molecular weight excluding hydrogens is 368 g/mol. The van der Waals surface area contributed by atoms with Crippen LogP contribution in [0.15, 0.2) is 42.5 Å². The molecular formula is C23H24N2O4. The average Bonchev–Trinajstić information content (AvgIpc) is 3.26. The van der Waals surface area contributed by atoms with Crippen molar-refractivity contribution in [2.24, 2.45) is 5.92 Å². The minimum atomic E-state index is -0.0260. The lowest BCUT2D eigenvalue weighted by molar-refractivity contribution is -0.123. The van der Waals surface area contributed by atoms with Gasteiger partial charge in [-0.05, 0) is 55.5 Å². The number of carbonyl (C=O) groups excluding carboxylic acids is 2. The molecule has 5 rings (SSSR count). The summed E-state index contributed by atoms with van der Waals surface area (Å²) in [6, 6.07) is 13.5. The van der Waals surface area contributed by atoms with Gasteiger partial charge < -0.3 is 19.3 Å². The Morgan fingerprint density at radius 2 is 1.72 bits per heavy atom. The van der Waals surface area contributed by atoms with Crippen molar-refractivity contribution in [3.05, 3.63) is 53.6 Å². The number of hydrogen-bond donors (Lipinski definition) is 0. The maximum Gasteiger partial charge on any atom is 0.253 e. The van der Waals surface area contributed by atoms with Gasteiger partial charge in [-0.25, -0.2) is 0 Å². The van der Waals surface area contributed by atoms with Crippen LogP contribution in [0.25, 0.3) is 0 Å². The van der Waals surface area contributed by atoms with Gasteiger partial charge in [0.05, 0.1) is 0 Å². The molecule has 3 heterocycles. The Kier molecular flexibility index (Phi) is 4.62. The predicted molar refractivity (Wildman–Crippen MR) is 108 cm³/mol.